The van der Waals surface area contributed by atoms with Crippen molar-refractivity contribution in [1.82, 2.24) is 0 Å². The van der Waals surface area contributed by atoms with Gasteiger partial charge < -0.3 is 5.73 Å². The number of halogens is 1. The summed E-state index contributed by atoms with van der Waals surface area (Å²) in [7, 11) is 0. The van der Waals surface area contributed by atoms with E-state index in [-0.39, 0.29) is 4.87 Å². The molecule has 0 radical (unpaired) electrons. The Morgan fingerprint density at radius 3 is 2.22 bits per heavy atom. The predicted octanol–water partition coefficient (Wildman–Crippen LogP) is 1.50. The van der Waals surface area contributed by atoms with E-state index in [2.05, 4.69) is 0 Å². The second kappa shape index (κ2) is 1.46. The summed E-state index contributed by atoms with van der Waals surface area (Å²) in [6.07, 6.45) is 5.20. The molecule has 1 unspecified atom stereocenters. The van der Waals surface area contributed by atoms with Crippen molar-refractivity contribution in [3.8, 4) is 0 Å². The highest BCUT2D eigenvalue weighted by Gasteiger charge is 2.67. The lowest BCUT2D eigenvalue weighted by Crippen LogP contribution is -2.28. The van der Waals surface area contributed by atoms with Gasteiger partial charge in [0.25, 0.3) is 0 Å². The quantitative estimate of drug-likeness (QED) is 0.556. The summed E-state index contributed by atoms with van der Waals surface area (Å²) in [4.78, 5) is 0.0330. The van der Waals surface area contributed by atoms with Gasteiger partial charge in [-0.25, -0.2) is 0 Å². The van der Waals surface area contributed by atoms with Crippen LogP contribution < -0.4 is 5.73 Å². The zero-order valence-electron chi connectivity index (χ0n) is 5.49. The maximum absolute atomic E-state index is 6.16. The first kappa shape index (κ1) is 5.99. The van der Waals surface area contributed by atoms with Crippen LogP contribution in [0.1, 0.15) is 25.7 Å². The number of alkyl halides is 1. The van der Waals surface area contributed by atoms with Gasteiger partial charge in [-0.3, -0.25) is 0 Å². The smallest absolute Gasteiger partial charge is 0.0631 e. The van der Waals surface area contributed by atoms with Crippen molar-refractivity contribution in [3.63, 3.8) is 0 Å². The molecule has 0 saturated heterocycles. The molecular formula is C7H12ClN. The summed E-state index contributed by atoms with van der Waals surface area (Å²) in [5.41, 5.74) is 6.04. The number of nitrogens with two attached hydrogens (primary N) is 1. The van der Waals surface area contributed by atoms with E-state index in [0.29, 0.717) is 12.0 Å². The summed E-state index contributed by atoms with van der Waals surface area (Å²) in [6.45, 7) is 0.675. The van der Waals surface area contributed by atoms with Crippen LogP contribution in [0.2, 0.25) is 0 Å². The third-order valence-corrected chi connectivity index (χ3v) is 3.77. The van der Waals surface area contributed by atoms with Gasteiger partial charge in [-0.2, -0.15) is 0 Å². The van der Waals surface area contributed by atoms with Crippen LogP contribution in [0.3, 0.4) is 0 Å². The monoisotopic (exact) mass is 145 g/mol. The molecule has 2 fully saturated rings. The molecule has 0 amide bonds. The Hall–Kier alpha value is 0.250. The Morgan fingerprint density at radius 2 is 2.11 bits per heavy atom. The Morgan fingerprint density at radius 1 is 1.44 bits per heavy atom. The molecule has 0 heterocycles. The van der Waals surface area contributed by atoms with E-state index < -0.39 is 0 Å². The lowest BCUT2D eigenvalue weighted by Gasteiger charge is -2.29. The lowest BCUT2D eigenvalue weighted by atomic mass is 9.79. The first-order valence-electron chi connectivity index (χ1n) is 3.61. The molecule has 0 aromatic heterocycles. The Labute approximate surface area is 60.6 Å². The molecule has 0 bridgehead atoms. The molecule has 1 nitrogen and oxygen atoms in total. The topological polar surface area (TPSA) is 26.0 Å². The minimum absolute atomic E-state index is 0.0330. The van der Waals surface area contributed by atoms with Crippen LogP contribution in [0.4, 0.5) is 0 Å². The average Bonchev–Trinajstić information content (AvgIpc) is 2.38. The largest absolute Gasteiger partial charge is 0.329 e. The third kappa shape index (κ3) is 0.548. The van der Waals surface area contributed by atoms with Gasteiger partial charge in [-0.15, -0.1) is 11.6 Å². The van der Waals surface area contributed by atoms with Crippen LogP contribution in [-0.4, -0.2) is 11.4 Å². The molecular weight excluding hydrogens is 134 g/mol. The molecule has 2 heteroatoms. The molecule has 2 saturated carbocycles. The molecule has 52 valence electrons. The number of hydrogen-bond donors (Lipinski definition) is 1. The van der Waals surface area contributed by atoms with Crippen molar-refractivity contribution in [3.05, 3.63) is 0 Å². The van der Waals surface area contributed by atoms with Crippen LogP contribution in [0.15, 0.2) is 0 Å². The normalized spacial score (nSPS) is 44.7. The average molecular weight is 146 g/mol. The Bertz CT molecular complexity index is 134. The van der Waals surface area contributed by atoms with E-state index >= 15 is 0 Å². The zero-order valence-corrected chi connectivity index (χ0v) is 6.25. The van der Waals surface area contributed by atoms with Crippen LogP contribution in [0, 0.1) is 5.41 Å². The van der Waals surface area contributed by atoms with Gasteiger partial charge in [-0.05, 0) is 24.7 Å². The molecule has 9 heavy (non-hydrogen) atoms. The first-order valence-corrected chi connectivity index (χ1v) is 3.99. The van der Waals surface area contributed by atoms with Crippen molar-refractivity contribution in [2.75, 3.05) is 6.54 Å². The molecule has 2 rings (SSSR count). The van der Waals surface area contributed by atoms with Gasteiger partial charge in [-0.1, -0.05) is 6.42 Å². The van der Waals surface area contributed by atoms with E-state index in [1.165, 1.54) is 25.7 Å². The molecule has 2 aliphatic carbocycles. The van der Waals surface area contributed by atoms with E-state index in [1.807, 2.05) is 0 Å². The highest BCUT2D eigenvalue weighted by molar-refractivity contribution is 6.27. The fourth-order valence-corrected chi connectivity index (χ4v) is 2.45. The fourth-order valence-electron chi connectivity index (χ4n) is 2.01. The standard InChI is InChI=1S/C7H12ClN/c8-7(5-9)4-6(7)2-1-3-6/h1-5,9H2. The summed E-state index contributed by atoms with van der Waals surface area (Å²) in [5, 5.41) is 0. The molecule has 1 atom stereocenters. The van der Waals surface area contributed by atoms with Crippen molar-refractivity contribution in [2.45, 2.75) is 30.6 Å². The van der Waals surface area contributed by atoms with E-state index in [1.54, 1.807) is 0 Å². The van der Waals surface area contributed by atoms with Crippen molar-refractivity contribution in [2.24, 2.45) is 11.1 Å². The lowest BCUT2D eigenvalue weighted by molar-refractivity contribution is 0.268. The van der Waals surface area contributed by atoms with Gasteiger partial charge >= 0.3 is 0 Å². The molecule has 1 spiro atoms. The van der Waals surface area contributed by atoms with Crippen molar-refractivity contribution >= 4 is 11.6 Å². The molecule has 2 N–H and O–H groups in total. The van der Waals surface area contributed by atoms with E-state index in [4.69, 9.17) is 17.3 Å². The Kier molecular flexibility index (Phi) is 0.970. The second-order valence-corrected chi connectivity index (χ2v) is 4.20. The van der Waals surface area contributed by atoms with E-state index in [0.717, 1.165) is 0 Å². The summed E-state index contributed by atoms with van der Waals surface area (Å²) >= 11 is 6.16. The highest BCUT2D eigenvalue weighted by Crippen LogP contribution is 2.70. The van der Waals surface area contributed by atoms with Gasteiger partial charge in [0.05, 0.1) is 4.87 Å². The SMILES string of the molecule is NCC1(Cl)CC12CCC2. The highest BCUT2D eigenvalue weighted by atomic mass is 35.5. The maximum Gasteiger partial charge on any atom is 0.0631 e. The van der Waals surface area contributed by atoms with Gasteiger partial charge in [0, 0.05) is 6.54 Å². The first-order chi connectivity index (χ1) is 4.22. The van der Waals surface area contributed by atoms with E-state index in [9.17, 15) is 0 Å². The Balaban J connectivity index is 2.06. The molecule has 0 aliphatic heterocycles. The second-order valence-electron chi connectivity index (χ2n) is 3.48. The predicted molar refractivity (Wildman–Crippen MR) is 38.5 cm³/mol. The van der Waals surface area contributed by atoms with Gasteiger partial charge in [0.1, 0.15) is 0 Å². The summed E-state index contributed by atoms with van der Waals surface area (Å²) in [6, 6.07) is 0. The van der Waals surface area contributed by atoms with Crippen LogP contribution in [-0.2, 0) is 0 Å². The summed E-state index contributed by atoms with van der Waals surface area (Å²) in [5.74, 6) is 0. The van der Waals surface area contributed by atoms with Crippen molar-refractivity contribution < 1.29 is 0 Å². The minimum Gasteiger partial charge on any atom is -0.329 e. The minimum atomic E-state index is 0.0330. The van der Waals surface area contributed by atoms with Gasteiger partial charge in [0.2, 0.25) is 0 Å². The maximum atomic E-state index is 6.16. The van der Waals surface area contributed by atoms with Crippen molar-refractivity contribution in [1.29, 1.82) is 0 Å². The van der Waals surface area contributed by atoms with Crippen LogP contribution in [0.25, 0.3) is 0 Å². The van der Waals surface area contributed by atoms with Crippen LogP contribution >= 0.6 is 11.6 Å². The fraction of sp³-hybridized carbons (Fsp3) is 1.00. The molecule has 2 aliphatic rings. The zero-order chi connectivity index (χ0) is 6.54. The number of hydrogen-bond acceptors (Lipinski definition) is 1. The van der Waals surface area contributed by atoms with Crippen LogP contribution in [0.5, 0.6) is 0 Å². The number of rotatable bonds is 1. The van der Waals surface area contributed by atoms with Gasteiger partial charge in [0.15, 0.2) is 0 Å². The summed E-state index contributed by atoms with van der Waals surface area (Å²) < 4.78 is 0. The third-order valence-electron chi connectivity index (χ3n) is 3.08. The molecule has 0 aromatic rings. The molecule has 0 aromatic carbocycles.